The average Bonchev–Trinajstić information content (AvgIpc) is 2.60. The summed E-state index contributed by atoms with van der Waals surface area (Å²) in [6.45, 7) is 7.69. The van der Waals surface area contributed by atoms with Crippen molar-refractivity contribution in [2.24, 2.45) is 0 Å². The third kappa shape index (κ3) is 4.13. The molecule has 0 saturated carbocycles. The van der Waals surface area contributed by atoms with Crippen molar-refractivity contribution in [3.8, 4) is 11.5 Å². The van der Waals surface area contributed by atoms with Crippen LogP contribution in [0.15, 0.2) is 42.5 Å². The molecule has 0 radical (unpaired) electrons. The van der Waals surface area contributed by atoms with Crippen LogP contribution in [0.5, 0.6) is 11.5 Å². The molecule has 1 aliphatic heterocycles. The number of halogens is 1. The fraction of sp³-hybridized carbons (Fsp3) is 0.368. The monoisotopic (exact) mass is 347 g/mol. The number of hydrogen-bond donors (Lipinski definition) is 2. The van der Waals surface area contributed by atoms with Crippen LogP contribution in [-0.4, -0.2) is 37.9 Å². The first kappa shape index (κ1) is 16.9. The lowest BCUT2D eigenvalue weighted by Crippen LogP contribution is -3.13. The fourth-order valence-corrected chi connectivity index (χ4v) is 3.26. The van der Waals surface area contributed by atoms with Gasteiger partial charge in [0.25, 0.3) is 0 Å². The molecule has 0 aromatic heterocycles. The molecule has 24 heavy (non-hydrogen) atoms. The lowest BCUT2D eigenvalue weighted by atomic mass is 10.1. The Labute approximate surface area is 148 Å². The number of anilines is 1. The van der Waals surface area contributed by atoms with Gasteiger partial charge in [-0.25, -0.2) is 0 Å². The second-order valence-corrected chi connectivity index (χ2v) is 6.56. The molecule has 1 heterocycles. The predicted molar refractivity (Wildman–Crippen MR) is 97.3 cm³/mol. The van der Waals surface area contributed by atoms with Crippen molar-refractivity contribution < 1.29 is 14.7 Å². The van der Waals surface area contributed by atoms with Crippen LogP contribution in [0.3, 0.4) is 0 Å². The number of benzene rings is 2. The van der Waals surface area contributed by atoms with Gasteiger partial charge in [0, 0.05) is 16.3 Å². The standard InChI is InChI=1S/C19H23ClN2O2/c1-2-24-19-13-15(3-8-18(19)23)14-21-9-11-22(12-10-21)17-6-4-16(20)5-7-17/h3-8,13,23H,2,9-12,14H2,1H3/p+1. The van der Waals surface area contributed by atoms with Crippen LogP contribution in [0, 0.1) is 0 Å². The maximum absolute atomic E-state index is 9.80. The minimum Gasteiger partial charge on any atom is -0.504 e. The quantitative estimate of drug-likeness (QED) is 0.871. The summed E-state index contributed by atoms with van der Waals surface area (Å²) in [7, 11) is 0. The van der Waals surface area contributed by atoms with Gasteiger partial charge in [-0.2, -0.15) is 0 Å². The number of ether oxygens (including phenoxy) is 1. The summed E-state index contributed by atoms with van der Waals surface area (Å²) in [5, 5.41) is 10.6. The van der Waals surface area contributed by atoms with Crippen LogP contribution >= 0.6 is 11.6 Å². The molecule has 3 rings (SSSR count). The van der Waals surface area contributed by atoms with Gasteiger partial charge in [0.05, 0.1) is 32.8 Å². The Kier molecular flexibility index (Phi) is 5.48. The molecule has 0 bridgehead atoms. The molecule has 0 unspecified atom stereocenters. The zero-order valence-corrected chi connectivity index (χ0v) is 14.7. The van der Waals surface area contributed by atoms with E-state index in [4.69, 9.17) is 16.3 Å². The molecule has 0 spiro atoms. The maximum Gasteiger partial charge on any atom is 0.161 e. The van der Waals surface area contributed by atoms with Gasteiger partial charge in [-0.3, -0.25) is 0 Å². The van der Waals surface area contributed by atoms with E-state index in [1.807, 2.05) is 31.2 Å². The third-order valence-electron chi connectivity index (χ3n) is 4.44. The number of piperazine rings is 1. The van der Waals surface area contributed by atoms with Gasteiger partial charge in [-0.1, -0.05) is 11.6 Å². The molecule has 1 saturated heterocycles. The molecule has 0 amide bonds. The van der Waals surface area contributed by atoms with Crippen molar-refractivity contribution in [1.82, 2.24) is 0 Å². The first-order valence-electron chi connectivity index (χ1n) is 8.44. The first-order valence-corrected chi connectivity index (χ1v) is 8.82. The van der Waals surface area contributed by atoms with E-state index < -0.39 is 0 Å². The summed E-state index contributed by atoms with van der Waals surface area (Å²) in [5.41, 5.74) is 2.44. The van der Waals surface area contributed by atoms with Gasteiger partial charge < -0.3 is 19.6 Å². The molecular formula is C19H24ClN2O2+. The normalized spacial score (nSPS) is 15.5. The van der Waals surface area contributed by atoms with Crippen molar-refractivity contribution in [3.05, 3.63) is 53.1 Å². The number of nitrogens with zero attached hydrogens (tertiary/aromatic N) is 1. The molecular weight excluding hydrogens is 324 g/mol. The Morgan fingerprint density at radius 2 is 1.83 bits per heavy atom. The highest BCUT2D eigenvalue weighted by Crippen LogP contribution is 2.26. The Morgan fingerprint density at radius 1 is 1.12 bits per heavy atom. The Balaban J connectivity index is 1.57. The van der Waals surface area contributed by atoms with E-state index in [1.54, 1.807) is 11.0 Å². The van der Waals surface area contributed by atoms with E-state index in [-0.39, 0.29) is 5.75 Å². The van der Waals surface area contributed by atoms with Crippen LogP contribution in [0.1, 0.15) is 12.5 Å². The fourth-order valence-electron chi connectivity index (χ4n) is 3.14. The highest BCUT2D eigenvalue weighted by molar-refractivity contribution is 6.30. The number of phenolic OH excluding ortho intramolecular Hbond substituents is 1. The molecule has 128 valence electrons. The van der Waals surface area contributed by atoms with Crippen molar-refractivity contribution >= 4 is 17.3 Å². The van der Waals surface area contributed by atoms with Crippen LogP contribution in [-0.2, 0) is 6.54 Å². The largest absolute Gasteiger partial charge is 0.504 e. The molecule has 2 aromatic carbocycles. The summed E-state index contributed by atoms with van der Waals surface area (Å²) < 4.78 is 5.47. The van der Waals surface area contributed by atoms with Gasteiger partial charge >= 0.3 is 0 Å². The van der Waals surface area contributed by atoms with Crippen LogP contribution in [0.2, 0.25) is 5.02 Å². The molecule has 0 atom stereocenters. The van der Waals surface area contributed by atoms with Gasteiger partial charge in [0.2, 0.25) is 0 Å². The first-order chi connectivity index (χ1) is 11.7. The van der Waals surface area contributed by atoms with Crippen molar-refractivity contribution in [2.75, 3.05) is 37.7 Å². The van der Waals surface area contributed by atoms with Gasteiger partial charge in [-0.15, -0.1) is 0 Å². The smallest absolute Gasteiger partial charge is 0.161 e. The molecule has 0 aliphatic carbocycles. The molecule has 2 aromatic rings. The number of phenols is 1. The topological polar surface area (TPSA) is 37.1 Å². The van der Waals surface area contributed by atoms with Gasteiger partial charge in [0.1, 0.15) is 6.54 Å². The second-order valence-electron chi connectivity index (χ2n) is 6.13. The van der Waals surface area contributed by atoms with Crippen LogP contribution < -0.4 is 14.5 Å². The number of quaternary nitrogens is 1. The average molecular weight is 348 g/mol. The number of hydrogen-bond acceptors (Lipinski definition) is 3. The zero-order chi connectivity index (χ0) is 16.9. The molecule has 4 nitrogen and oxygen atoms in total. The Hall–Kier alpha value is -1.91. The third-order valence-corrected chi connectivity index (χ3v) is 4.69. The highest BCUT2D eigenvalue weighted by atomic mass is 35.5. The summed E-state index contributed by atoms with van der Waals surface area (Å²) in [4.78, 5) is 3.95. The van der Waals surface area contributed by atoms with Crippen molar-refractivity contribution in [1.29, 1.82) is 0 Å². The van der Waals surface area contributed by atoms with E-state index in [0.717, 1.165) is 37.7 Å². The summed E-state index contributed by atoms with van der Waals surface area (Å²) in [6, 6.07) is 13.7. The molecule has 2 N–H and O–H groups in total. The minimum absolute atomic E-state index is 0.211. The number of aromatic hydroxyl groups is 1. The molecule has 1 fully saturated rings. The maximum atomic E-state index is 9.80. The number of nitrogens with one attached hydrogen (secondary N) is 1. The van der Waals surface area contributed by atoms with E-state index in [1.165, 1.54) is 11.3 Å². The summed E-state index contributed by atoms with van der Waals surface area (Å²) in [6.07, 6.45) is 0. The van der Waals surface area contributed by atoms with E-state index in [2.05, 4.69) is 17.0 Å². The van der Waals surface area contributed by atoms with Crippen molar-refractivity contribution in [3.63, 3.8) is 0 Å². The van der Waals surface area contributed by atoms with Crippen LogP contribution in [0.25, 0.3) is 0 Å². The summed E-state index contributed by atoms with van der Waals surface area (Å²) >= 11 is 5.96. The number of rotatable bonds is 5. The van der Waals surface area contributed by atoms with Gasteiger partial charge in [-0.05, 0) is 49.4 Å². The predicted octanol–water partition coefficient (Wildman–Crippen LogP) is 2.35. The van der Waals surface area contributed by atoms with Gasteiger partial charge in [0.15, 0.2) is 11.5 Å². The molecule has 1 aliphatic rings. The highest BCUT2D eigenvalue weighted by Gasteiger charge is 2.20. The second kappa shape index (κ2) is 7.77. The Morgan fingerprint density at radius 3 is 2.50 bits per heavy atom. The van der Waals surface area contributed by atoms with Crippen molar-refractivity contribution in [2.45, 2.75) is 13.5 Å². The SMILES string of the molecule is CCOc1cc(C[NH+]2CCN(c3ccc(Cl)cc3)CC2)ccc1O. The minimum atomic E-state index is 0.211. The lowest BCUT2D eigenvalue weighted by molar-refractivity contribution is -0.914. The van der Waals surface area contributed by atoms with Crippen LogP contribution in [0.4, 0.5) is 5.69 Å². The summed E-state index contributed by atoms with van der Waals surface area (Å²) in [5.74, 6) is 0.789. The Bertz CT molecular complexity index is 668. The van der Waals surface area contributed by atoms with E-state index in [9.17, 15) is 5.11 Å². The molecule has 5 heteroatoms. The van der Waals surface area contributed by atoms with E-state index in [0.29, 0.717) is 12.4 Å². The van der Waals surface area contributed by atoms with E-state index >= 15 is 0 Å². The lowest BCUT2D eigenvalue weighted by Gasteiger charge is -2.33. The zero-order valence-electron chi connectivity index (χ0n) is 14.0.